The molecule has 14 nitrogen and oxygen atoms in total. The lowest BCUT2D eigenvalue weighted by atomic mass is 10.0. The number of nitrogens with zero attached hydrogens (tertiary/aromatic N) is 4. The van der Waals surface area contributed by atoms with Gasteiger partial charge < -0.3 is 29.9 Å². The van der Waals surface area contributed by atoms with Gasteiger partial charge in [0.05, 0.1) is 13.2 Å². The molecular weight excluding hydrogens is 591 g/mol. The summed E-state index contributed by atoms with van der Waals surface area (Å²) >= 11 is 0. The number of aliphatic imine (C=N–C) groups is 1. The zero-order valence-electron chi connectivity index (χ0n) is 23.8. The third kappa shape index (κ3) is 7.23. The molecule has 2 aliphatic rings. The highest BCUT2D eigenvalue weighted by Crippen LogP contribution is 2.47. The Labute approximate surface area is 254 Å². The normalized spacial score (nSPS) is 25.9. The smallest absolute Gasteiger partial charge is 0.459 e. The third-order valence-corrected chi connectivity index (χ3v) is 8.15. The first-order valence-corrected chi connectivity index (χ1v) is 15.1. The molecule has 0 spiro atoms. The van der Waals surface area contributed by atoms with Crippen molar-refractivity contribution in [1.82, 2.24) is 10.1 Å². The number of amidine groups is 1. The first kappa shape index (κ1) is 32.6. The molecule has 1 fully saturated rings. The molecule has 2 aromatic rings. The predicted molar refractivity (Wildman–Crippen MR) is 160 cm³/mol. The van der Waals surface area contributed by atoms with Gasteiger partial charge in [-0.1, -0.05) is 61.2 Å². The summed E-state index contributed by atoms with van der Waals surface area (Å²) in [6.45, 7) is 4.67. The molecule has 6 atom stereocenters. The number of aliphatic hydroxyl groups excluding tert-OH is 2. The molecule has 0 aromatic heterocycles. The number of hydrogen-bond acceptors (Lipinski definition) is 13. The molecule has 232 valence electrons. The van der Waals surface area contributed by atoms with Crippen molar-refractivity contribution in [3.8, 4) is 11.8 Å². The summed E-state index contributed by atoms with van der Waals surface area (Å²) in [5.74, 6) is -0.592. The van der Waals surface area contributed by atoms with Gasteiger partial charge in [0, 0.05) is 0 Å². The number of ether oxygens (including phenoxy) is 2. The largest absolute Gasteiger partial charge is 0.465 e. The SMILES string of the molecule is C=C/C=C1/C(N)=NC=NN1[C@]1(C#N)O[C@H](COP(=O)(N[C@@H](Cc2ccccc2)C(=O)OCC)Oc2ccccc2)[C@@H](O)[C@H]1O. The van der Waals surface area contributed by atoms with Gasteiger partial charge >= 0.3 is 13.7 Å². The van der Waals surface area contributed by atoms with Crippen LogP contribution in [-0.4, -0.2) is 76.7 Å². The van der Waals surface area contributed by atoms with Crippen LogP contribution in [-0.2, 0) is 29.8 Å². The van der Waals surface area contributed by atoms with Gasteiger partial charge in [-0.3, -0.25) is 9.32 Å². The average Bonchev–Trinajstić information content (AvgIpc) is 3.27. The fourth-order valence-electron chi connectivity index (χ4n) is 4.51. The first-order valence-electron chi connectivity index (χ1n) is 13.6. The van der Waals surface area contributed by atoms with E-state index in [9.17, 15) is 24.8 Å². The molecule has 0 aliphatic carbocycles. The molecule has 0 amide bonds. The summed E-state index contributed by atoms with van der Waals surface area (Å²) in [5.41, 5.74) is 4.50. The van der Waals surface area contributed by atoms with Crippen LogP contribution in [0.2, 0.25) is 0 Å². The Morgan fingerprint density at radius 1 is 1.27 bits per heavy atom. The average molecular weight is 625 g/mol. The highest BCUT2D eigenvalue weighted by atomic mass is 31.2. The zero-order valence-corrected chi connectivity index (χ0v) is 24.7. The molecule has 1 unspecified atom stereocenters. The van der Waals surface area contributed by atoms with Crippen LogP contribution >= 0.6 is 7.75 Å². The maximum atomic E-state index is 14.2. The van der Waals surface area contributed by atoms with Crippen molar-refractivity contribution >= 4 is 25.9 Å². The number of hydrogen-bond donors (Lipinski definition) is 4. The van der Waals surface area contributed by atoms with E-state index in [4.69, 9.17) is 24.3 Å². The van der Waals surface area contributed by atoms with Crippen molar-refractivity contribution in [1.29, 1.82) is 5.26 Å². The second-order valence-corrected chi connectivity index (χ2v) is 11.3. The van der Waals surface area contributed by atoms with E-state index in [0.717, 1.165) is 16.9 Å². The fraction of sp³-hybridized carbons (Fsp3) is 0.310. The van der Waals surface area contributed by atoms with Crippen molar-refractivity contribution in [3.63, 3.8) is 0 Å². The second kappa shape index (κ2) is 14.4. The zero-order chi connectivity index (χ0) is 31.7. The van der Waals surface area contributed by atoms with E-state index in [0.29, 0.717) is 0 Å². The molecule has 1 saturated heterocycles. The van der Waals surface area contributed by atoms with Gasteiger partial charge in [-0.25, -0.2) is 14.6 Å². The summed E-state index contributed by atoms with van der Waals surface area (Å²) in [6, 6.07) is 17.8. The summed E-state index contributed by atoms with van der Waals surface area (Å²) in [6.07, 6.45) is -1.10. The van der Waals surface area contributed by atoms with Gasteiger partial charge in [0.15, 0.2) is 5.84 Å². The Morgan fingerprint density at radius 2 is 1.95 bits per heavy atom. The van der Waals surface area contributed by atoms with E-state index in [1.54, 1.807) is 49.4 Å². The maximum Gasteiger partial charge on any atom is 0.459 e. The van der Waals surface area contributed by atoms with Gasteiger partial charge in [-0.2, -0.15) is 15.5 Å². The van der Waals surface area contributed by atoms with E-state index in [1.807, 2.05) is 12.1 Å². The molecule has 2 aromatic carbocycles. The minimum Gasteiger partial charge on any atom is -0.465 e. The number of nitrogens with one attached hydrogen (secondary N) is 1. The van der Waals surface area contributed by atoms with Crippen LogP contribution in [0.4, 0.5) is 0 Å². The number of benzene rings is 2. The number of hydrazone groups is 1. The number of nitriles is 1. The molecule has 15 heteroatoms. The first-order chi connectivity index (χ1) is 21.2. The molecule has 5 N–H and O–H groups in total. The number of para-hydroxylation sites is 1. The highest BCUT2D eigenvalue weighted by molar-refractivity contribution is 7.52. The van der Waals surface area contributed by atoms with Crippen molar-refractivity contribution in [2.75, 3.05) is 13.2 Å². The van der Waals surface area contributed by atoms with Crippen LogP contribution in [0.3, 0.4) is 0 Å². The van der Waals surface area contributed by atoms with Crippen molar-refractivity contribution in [3.05, 3.63) is 90.7 Å². The van der Waals surface area contributed by atoms with Crippen LogP contribution in [0.1, 0.15) is 12.5 Å². The molecule has 0 radical (unpaired) electrons. The van der Waals surface area contributed by atoms with Crippen LogP contribution < -0.4 is 15.3 Å². The number of carbonyl (C=O) groups is 1. The number of carbonyl (C=O) groups excluding carboxylic acids is 1. The van der Waals surface area contributed by atoms with Gasteiger partial charge in [0.2, 0.25) is 0 Å². The van der Waals surface area contributed by atoms with Crippen LogP contribution in [0, 0.1) is 11.3 Å². The second-order valence-electron chi connectivity index (χ2n) is 9.57. The third-order valence-electron chi connectivity index (χ3n) is 6.59. The monoisotopic (exact) mass is 624 g/mol. The Morgan fingerprint density at radius 3 is 2.59 bits per heavy atom. The van der Waals surface area contributed by atoms with Crippen LogP contribution in [0.15, 0.2) is 95.2 Å². The summed E-state index contributed by atoms with van der Waals surface area (Å²) < 4.78 is 36.8. The number of aliphatic hydroxyl groups is 2. The lowest BCUT2D eigenvalue weighted by molar-refractivity contribution is -0.145. The van der Waals surface area contributed by atoms with Crippen molar-refractivity contribution in [2.45, 2.75) is 43.4 Å². The maximum absolute atomic E-state index is 14.2. The van der Waals surface area contributed by atoms with Crippen LogP contribution in [0.5, 0.6) is 5.75 Å². The minimum absolute atomic E-state index is 0.0482. The van der Waals surface area contributed by atoms with Gasteiger partial charge in [-0.05, 0) is 37.1 Å². The Hall–Kier alpha value is -4.35. The van der Waals surface area contributed by atoms with Crippen molar-refractivity contribution < 1.29 is 38.1 Å². The number of allylic oxidation sites excluding steroid dienone is 2. The summed E-state index contributed by atoms with van der Waals surface area (Å²) in [4.78, 5) is 16.8. The number of rotatable bonds is 13. The number of esters is 1. The molecule has 2 aliphatic heterocycles. The molecule has 2 heterocycles. The van der Waals surface area contributed by atoms with E-state index in [2.05, 4.69) is 21.8 Å². The van der Waals surface area contributed by atoms with E-state index in [-0.39, 0.29) is 30.3 Å². The van der Waals surface area contributed by atoms with E-state index in [1.165, 1.54) is 24.3 Å². The number of nitrogens with two attached hydrogens (primary N) is 1. The quantitative estimate of drug-likeness (QED) is 0.187. The topological polar surface area (TPSA) is 201 Å². The summed E-state index contributed by atoms with van der Waals surface area (Å²) in [7, 11) is -4.44. The molecule has 0 saturated carbocycles. The van der Waals surface area contributed by atoms with Crippen molar-refractivity contribution in [2.24, 2.45) is 15.8 Å². The molecular formula is C29H33N6O8P. The standard InChI is InChI=1S/C29H33N6O8P/c1-3-11-23-27(31)32-19-33-35(23)29(18-30)26(37)25(36)24(42-29)17-41-44(39,43-21-14-9-6-10-15-21)34-22(28(38)40-4-2)16-20-12-7-5-8-13-20/h3,5-15,19,22,24-26,36-37H,1,4,16-17H2,2H3,(H,34,39)(H2,31,32,33)/b23-11-/t22-,24+,25+,26+,29+,44?/m0/s1. The Bertz CT molecular complexity index is 1500. The predicted octanol–water partition coefficient (Wildman–Crippen LogP) is 1.98. The lowest BCUT2D eigenvalue weighted by Crippen LogP contribution is -2.55. The minimum atomic E-state index is -4.44. The van der Waals surface area contributed by atoms with E-state index >= 15 is 0 Å². The Kier molecular flexibility index (Phi) is 10.7. The summed E-state index contributed by atoms with van der Waals surface area (Å²) in [5, 5.41) is 39.8. The molecule has 4 rings (SSSR count). The van der Waals surface area contributed by atoms with Gasteiger partial charge in [0.25, 0.3) is 5.72 Å². The van der Waals surface area contributed by atoms with Gasteiger partial charge in [-0.15, -0.1) is 0 Å². The lowest BCUT2D eigenvalue weighted by Gasteiger charge is -2.36. The van der Waals surface area contributed by atoms with Crippen LogP contribution in [0.25, 0.3) is 0 Å². The molecule has 0 bridgehead atoms. The fourth-order valence-corrected chi connectivity index (χ4v) is 6.01. The highest BCUT2D eigenvalue weighted by Gasteiger charge is 2.60. The van der Waals surface area contributed by atoms with Gasteiger partial charge in [0.1, 0.15) is 48.2 Å². The molecule has 44 heavy (non-hydrogen) atoms. The Balaban J connectivity index is 1.61. The van der Waals surface area contributed by atoms with E-state index < -0.39 is 50.4 Å².